The third-order valence-electron chi connectivity index (χ3n) is 2.20. The fraction of sp³-hybridized carbons (Fsp3) is 0.667. The fourth-order valence-electron chi connectivity index (χ4n) is 1.22. The molecule has 1 aromatic heterocycles. The number of hydrogen-bond donors (Lipinski definition) is 1. The maximum atomic E-state index is 5.81. The summed E-state index contributed by atoms with van der Waals surface area (Å²) in [5.74, 6) is 0. The van der Waals surface area contributed by atoms with Crippen LogP contribution >= 0.6 is 12.4 Å². The predicted octanol–water partition coefficient (Wildman–Crippen LogP) is 1.07. The van der Waals surface area contributed by atoms with Crippen LogP contribution in [-0.2, 0) is 6.54 Å². The van der Waals surface area contributed by atoms with Crippen molar-refractivity contribution in [3.8, 4) is 0 Å². The second-order valence-electron chi connectivity index (χ2n) is 3.61. The first-order valence-corrected chi connectivity index (χ1v) is 4.46. The molecule has 0 saturated carbocycles. The number of aryl methyl sites for hydroxylation is 1. The molecule has 0 amide bonds. The molecule has 0 aromatic carbocycles. The average Bonchev–Trinajstić information content (AvgIpc) is 2.29. The van der Waals surface area contributed by atoms with Gasteiger partial charge in [0, 0.05) is 6.54 Å². The SMILES string of the molecule is Cc1nn(CCN(C)C)c(C)c1N.Cl. The first kappa shape index (κ1) is 13.3. The van der Waals surface area contributed by atoms with Gasteiger partial charge in [0.05, 0.1) is 23.6 Å². The van der Waals surface area contributed by atoms with E-state index in [0.29, 0.717) is 0 Å². The molecule has 0 saturated heterocycles. The van der Waals surface area contributed by atoms with E-state index in [9.17, 15) is 0 Å². The molecule has 82 valence electrons. The quantitative estimate of drug-likeness (QED) is 0.826. The van der Waals surface area contributed by atoms with Gasteiger partial charge in [-0.25, -0.2) is 0 Å². The first-order chi connectivity index (χ1) is 6.02. The zero-order valence-electron chi connectivity index (χ0n) is 9.24. The van der Waals surface area contributed by atoms with E-state index >= 15 is 0 Å². The molecule has 0 atom stereocenters. The van der Waals surface area contributed by atoms with Crippen LogP contribution in [0.5, 0.6) is 0 Å². The fourth-order valence-corrected chi connectivity index (χ4v) is 1.22. The predicted molar refractivity (Wildman–Crippen MR) is 61.9 cm³/mol. The van der Waals surface area contributed by atoms with Crippen LogP contribution in [-0.4, -0.2) is 35.3 Å². The number of aromatic nitrogens is 2. The summed E-state index contributed by atoms with van der Waals surface area (Å²) in [6, 6.07) is 0. The Bertz CT molecular complexity index is 293. The molecular weight excluding hydrogens is 200 g/mol. The van der Waals surface area contributed by atoms with Gasteiger partial charge in [-0.05, 0) is 27.9 Å². The molecule has 0 spiro atoms. The monoisotopic (exact) mass is 218 g/mol. The maximum Gasteiger partial charge on any atom is 0.0825 e. The second-order valence-corrected chi connectivity index (χ2v) is 3.61. The molecule has 2 N–H and O–H groups in total. The van der Waals surface area contributed by atoms with Gasteiger partial charge in [0.25, 0.3) is 0 Å². The first-order valence-electron chi connectivity index (χ1n) is 4.46. The molecule has 1 rings (SSSR count). The van der Waals surface area contributed by atoms with E-state index in [2.05, 4.69) is 24.1 Å². The second kappa shape index (κ2) is 5.22. The van der Waals surface area contributed by atoms with E-state index in [-0.39, 0.29) is 12.4 Å². The number of likely N-dealkylation sites (N-methyl/N-ethyl adjacent to an activating group) is 1. The molecule has 0 unspecified atom stereocenters. The summed E-state index contributed by atoms with van der Waals surface area (Å²) in [6.45, 7) is 5.83. The number of nitrogens with zero attached hydrogens (tertiary/aromatic N) is 3. The van der Waals surface area contributed by atoms with Crippen LogP contribution in [0.1, 0.15) is 11.4 Å². The minimum absolute atomic E-state index is 0. The largest absolute Gasteiger partial charge is 0.396 e. The third kappa shape index (κ3) is 2.89. The van der Waals surface area contributed by atoms with Gasteiger partial charge in [-0.2, -0.15) is 5.10 Å². The summed E-state index contributed by atoms with van der Waals surface area (Å²) in [7, 11) is 4.10. The maximum absolute atomic E-state index is 5.81. The summed E-state index contributed by atoms with van der Waals surface area (Å²) >= 11 is 0. The highest BCUT2D eigenvalue weighted by Gasteiger charge is 2.07. The lowest BCUT2D eigenvalue weighted by Gasteiger charge is -2.10. The van der Waals surface area contributed by atoms with E-state index < -0.39 is 0 Å². The Morgan fingerprint density at radius 2 is 1.93 bits per heavy atom. The molecular formula is C9H19ClN4. The Kier molecular flexibility index (Phi) is 4.94. The highest BCUT2D eigenvalue weighted by atomic mass is 35.5. The molecule has 0 bridgehead atoms. The summed E-state index contributed by atoms with van der Waals surface area (Å²) in [5.41, 5.74) is 8.63. The van der Waals surface area contributed by atoms with Gasteiger partial charge in [-0.3, -0.25) is 4.68 Å². The lowest BCUT2D eigenvalue weighted by molar-refractivity contribution is 0.370. The van der Waals surface area contributed by atoms with Crippen molar-refractivity contribution in [1.82, 2.24) is 14.7 Å². The minimum Gasteiger partial charge on any atom is -0.396 e. The van der Waals surface area contributed by atoms with Crippen molar-refractivity contribution in [3.05, 3.63) is 11.4 Å². The van der Waals surface area contributed by atoms with Crippen LogP contribution in [0.15, 0.2) is 0 Å². The number of halogens is 1. The third-order valence-corrected chi connectivity index (χ3v) is 2.20. The number of rotatable bonds is 3. The van der Waals surface area contributed by atoms with Gasteiger partial charge < -0.3 is 10.6 Å². The zero-order valence-corrected chi connectivity index (χ0v) is 10.1. The van der Waals surface area contributed by atoms with Crippen LogP contribution in [0, 0.1) is 13.8 Å². The minimum atomic E-state index is 0. The average molecular weight is 219 g/mol. The molecule has 5 heteroatoms. The zero-order chi connectivity index (χ0) is 10.0. The highest BCUT2D eigenvalue weighted by Crippen LogP contribution is 2.14. The van der Waals surface area contributed by atoms with Gasteiger partial charge in [-0.1, -0.05) is 0 Å². The molecule has 1 aromatic rings. The number of hydrogen-bond acceptors (Lipinski definition) is 3. The smallest absolute Gasteiger partial charge is 0.0825 e. The van der Waals surface area contributed by atoms with E-state index in [1.807, 2.05) is 18.5 Å². The number of nitrogens with two attached hydrogens (primary N) is 1. The normalized spacial score (nSPS) is 10.4. The Morgan fingerprint density at radius 3 is 2.29 bits per heavy atom. The van der Waals surface area contributed by atoms with Crippen LogP contribution in [0.4, 0.5) is 5.69 Å². The van der Waals surface area contributed by atoms with Crippen LogP contribution in [0.2, 0.25) is 0 Å². The standard InChI is InChI=1S/C9H18N4.ClH/c1-7-9(10)8(2)13(11-7)6-5-12(3)4;/h5-6,10H2,1-4H3;1H. The van der Waals surface area contributed by atoms with Crippen molar-refractivity contribution in [2.24, 2.45) is 0 Å². The molecule has 0 aliphatic rings. The highest BCUT2D eigenvalue weighted by molar-refractivity contribution is 5.85. The molecule has 0 fully saturated rings. The Morgan fingerprint density at radius 1 is 1.36 bits per heavy atom. The van der Waals surface area contributed by atoms with Gasteiger partial charge in [-0.15, -0.1) is 12.4 Å². The van der Waals surface area contributed by atoms with Gasteiger partial charge in [0.2, 0.25) is 0 Å². The summed E-state index contributed by atoms with van der Waals surface area (Å²) in [4.78, 5) is 2.13. The summed E-state index contributed by atoms with van der Waals surface area (Å²) in [6.07, 6.45) is 0. The van der Waals surface area contributed by atoms with E-state index in [4.69, 9.17) is 5.73 Å². The van der Waals surface area contributed by atoms with Crippen molar-refractivity contribution in [2.75, 3.05) is 26.4 Å². The van der Waals surface area contributed by atoms with Crippen LogP contribution in [0.3, 0.4) is 0 Å². The Balaban J connectivity index is 0.00000169. The van der Waals surface area contributed by atoms with Crippen molar-refractivity contribution in [1.29, 1.82) is 0 Å². The molecule has 14 heavy (non-hydrogen) atoms. The van der Waals surface area contributed by atoms with Gasteiger partial charge in [0.1, 0.15) is 0 Å². The van der Waals surface area contributed by atoms with Crippen molar-refractivity contribution < 1.29 is 0 Å². The molecule has 4 nitrogen and oxygen atoms in total. The lowest BCUT2D eigenvalue weighted by atomic mass is 10.3. The summed E-state index contributed by atoms with van der Waals surface area (Å²) < 4.78 is 1.96. The van der Waals surface area contributed by atoms with Crippen LogP contribution in [0.25, 0.3) is 0 Å². The van der Waals surface area contributed by atoms with E-state index in [1.54, 1.807) is 0 Å². The molecule has 0 aliphatic heterocycles. The Hall–Kier alpha value is -0.740. The molecule has 0 aliphatic carbocycles. The number of nitrogen functional groups attached to an aromatic ring is 1. The van der Waals surface area contributed by atoms with Crippen molar-refractivity contribution in [3.63, 3.8) is 0 Å². The van der Waals surface area contributed by atoms with E-state index in [1.165, 1.54) is 0 Å². The van der Waals surface area contributed by atoms with Gasteiger partial charge >= 0.3 is 0 Å². The number of anilines is 1. The van der Waals surface area contributed by atoms with Crippen LogP contribution < -0.4 is 5.73 Å². The van der Waals surface area contributed by atoms with Gasteiger partial charge in [0.15, 0.2) is 0 Å². The Labute approximate surface area is 91.5 Å². The van der Waals surface area contributed by atoms with Crippen molar-refractivity contribution >= 4 is 18.1 Å². The lowest BCUT2D eigenvalue weighted by Crippen LogP contribution is -2.19. The van der Waals surface area contributed by atoms with Crippen molar-refractivity contribution in [2.45, 2.75) is 20.4 Å². The van der Waals surface area contributed by atoms with E-state index in [0.717, 1.165) is 30.2 Å². The molecule has 0 radical (unpaired) electrons. The molecule has 1 heterocycles. The summed E-state index contributed by atoms with van der Waals surface area (Å²) in [5, 5.41) is 4.35. The topological polar surface area (TPSA) is 47.1 Å².